The number of amides is 2. The molecule has 2 amide bonds. The zero-order chi connectivity index (χ0) is 13.1. The van der Waals surface area contributed by atoms with Gasteiger partial charge in [0, 0.05) is 29.2 Å². The number of anilines is 1. The van der Waals surface area contributed by atoms with Crippen LogP contribution in [0.1, 0.15) is 6.42 Å². The maximum absolute atomic E-state index is 11.8. The number of likely N-dealkylation sites (tertiary alicyclic amines) is 1. The number of carboxylic acids is 1. The van der Waals surface area contributed by atoms with E-state index in [0.717, 1.165) is 10.2 Å². The van der Waals surface area contributed by atoms with E-state index in [-0.39, 0.29) is 18.4 Å². The molecule has 1 aliphatic heterocycles. The molecule has 0 saturated carbocycles. The molecule has 1 saturated heterocycles. The number of carbonyl (C=O) groups excluding carboxylic acids is 1. The molecule has 1 aromatic rings. The van der Waals surface area contributed by atoms with E-state index in [2.05, 4.69) is 21.2 Å². The minimum atomic E-state index is -0.812. The molecule has 18 heavy (non-hydrogen) atoms. The number of nitrogens with zero attached hydrogens (tertiary/aromatic N) is 1. The quantitative estimate of drug-likeness (QED) is 0.900. The highest BCUT2D eigenvalue weighted by Crippen LogP contribution is 2.21. The smallest absolute Gasteiger partial charge is 0.321 e. The number of hydrogen-bond donors (Lipinski definition) is 2. The van der Waals surface area contributed by atoms with Gasteiger partial charge in [-0.3, -0.25) is 4.79 Å². The average molecular weight is 313 g/mol. The first-order valence-electron chi connectivity index (χ1n) is 5.58. The lowest BCUT2D eigenvalue weighted by Gasteiger charge is -2.38. The first-order chi connectivity index (χ1) is 8.54. The van der Waals surface area contributed by atoms with Crippen molar-refractivity contribution in [1.82, 2.24) is 4.90 Å². The first-order valence-corrected chi connectivity index (χ1v) is 6.37. The molecule has 1 aromatic carbocycles. The second-order valence-corrected chi connectivity index (χ2v) is 5.22. The summed E-state index contributed by atoms with van der Waals surface area (Å²) in [5.74, 6) is -0.730. The minimum Gasteiger partial charge on any atom is -0.481 e. The van der Waals surface area contributed by atoms with Crippen LogP contribution in [0.3, 0.4) is 0 Å². The molecule has 96 valence electrons. The Labute approximate surface area is 113 Å². The maximum atomic E-state index is 11.8. The van der Waals surface area contributed by atoms with Crippen molar-refractivity contribution in [2.45, 2.75) is 6.42 Å². The number of nitrogens with one attached hydrogen (secondary N) is 1. The highest BCUT2D eigenvalue weighted by Gasteiger charge is 2.31. The molecule has 5 nitrogen and oxygen atoms in total. The summed E-state index contributed by atoms with van der Waals surface area (Å²) in [6, 6.07) is 7.12. The van der Waals surface area contributed by atoms with Crippen molar-refractivity contribution in [3.05, 3.63) is 28.7 Å². The molecule has 0 aliphatic carbocycles. The van der Waals surface area contributed by atoms with Crippen LogP contribution in [0.4, 0.5) is 10.5 Å². The molecule has 2 N–H and O–H groups in total. The van der Waals surface area contributed by atoms with Gasteiger partial charge in [0.25, 0.3) is 0 Å². The van der Waals surface area contributed by atoms with Crippen LogP contribution < -0.4 is 5.32 Å². The summed E-state index contributed by atoms with van der Waals surface area (Å²) in [5.41, 5.74) is 0.727. The van der Waals surface area contributed by atoms with E-state index in [0.29, 0.717) is 13.1 Å². The van der Waals surface area contributed by atoms with E-state index in [1.807, 2.05) is 12.1 Å². The summed E-state index contributed by atoms with van der Waals surface area (Å²) >= 11 is 3.32. The Morgan fingerprint density at radius 3 is 2.50 bits per heavy atom. The predicted octanol–water partition coefficient (Wildman–Crippen LogP) is 2.39. The highest BCUT2D eigenvalue weighted by molar-refractivity contribution is 9.10. The fourth-order valence-corrected chi connectivity index (χ4v) is 2.11. The predicted molar refractivity (Wildman–Crippen MR) is 70.5 cm³/mol. The van der Waals surface area contributed by atoms with Gasteiger partial charge in [0.15, 0.2) is 0 Å². The van der Waals surface area contributed by atoms with Crippen molar-refractivity contribution in [3.63, 3.8) is 0 Å². The van der Waals surface area contributed by atoms with Crippen LogP contribution in [0.5, 0.6) is 0 Å². The summed E-state index contributed by atoms with van der Waals surface area (Å²) < 4.78 is 0.950. The van der Waals surface area contributed by atoms with Crippen LogP contribution in [0, 0.1) is 5.92 Å². The molecule has 2 rings (SSSR count). The maximum Gasteiger partial charge on any atom is 0.321 e. The van der Waals surface area contributed by atoms with Gasteiger partial charge in [0.1, 0.15) is 0 Å². The Bertz CT molecular complexity index is 455. The number of hydrogen-bond acceptors (Lipinski definition) is 2. The summed E-state index contributed by atoms with van der Waals surface area (Å²) in [7, 11) is 0. The van der Waals surface area contributed by atoms with E-state index in [4.69, 9.17) is 5.11 Å². The van der Waals surface area contributed by atoms with Gasteiger partial charge in [-0.25, -0.2) is 4.79 Å². The van der Waals surface area contributed by atoms with Crippen LogP contribution in [-0.4, -0.2) is 35.1 Å². The molecule has 0 spiro atoms. The molecule has 0 atom stereocenters. The normalized spacial score (nSPS) is 15.1. The molecule has 6 heteroatoms. The molecule has 1 aliphatic rings. The third-order valence-electron chi connectivity index (χ3n) is 2.80. The Kier molecular flexibility index (Phi) is 3.86. The lowest BCUT2D eigenvalue weighted by atomic mass is 9.97. The van der Waals surface area contributed by atoms with Crippen molar-refractivity contribution < 1.29 is 14.7 Å². The Balaban J connectivity index is 1.80. The molecule has 0 aromatic heterocycles. The Morgan fingerprint density at radius 2 is 1.94 bits per heavy atom. The van der Waals surface area contributed by atoms with Gasteiger partial charge in [0.05, 0.1) is 6.42 Å². The van der Waals surface area contributed by atoms with Gasteiger partial charge in [-0.15, -0.1) is 0 Å². The molecule has 0 unspecified atom stereocenters. The average Bonchev–Trinajstić information content (AvgIpc) is 2.25. The molecule has 0 bridgehead atoms. The van der Waals surface area contributed by atoms with Crippen LogP contribution >= 0.6 is 15.9 Å². The number of aliphatic carboxylic acids is 1. The van der Waals surface area contributed by atoms with Crippen LogP contribution in [0.25, 0.3) is 0 Å². The van der Waals surface area contributed by atoms with Gasteiger partial charge in [0.2, 0.25) is 0 Å². The van der Waals surface area contributed by atoms with Gasteiger partial charge in [-0.1, -0.05) is 15.9 Å². The lowest BCUT2D eigenvalue weighted by Crippen LogP contribution is -2.52. The SMILES string of the molecule is O=C(O)CC1CN(C(=O)Nc2ccc(Br)cc2)C1. The van der Waals surface area contributed by atoms with Gasteiger partial charge >= 0.3 is 12.0 Å². The Morgan fingerprint density at radius 1 is 1.33 bits per heavy atom. The third kappa shape index (κ3) is 3.22. The van der Waals surface area contributed by atoms with Gasteiger partial charge in [-0.2, -0.15) is 0 Å². The van der Waals surface area contributed by atoms with E-state index in [1.165, 1.54) is 0 Å². The second kappa shape index (κ2) is 5.39. The van der Waals surface area contributed by atoms with Crippen LogP contribution in [-0.2, 0) is 4.79 Å². The van der Waals surface area contributed by atoms with Crippen molar-refractivity contribution in [2.75, 3.05) is 18.4 Å². The highest BCUT2D eigenvalue weighted by atomic mass is 79.9. The monoisotopic (exact) mass is 312 g/mol. The standard InChI is InChI=1S/C12H13BrN2O3/c13-9-1-3-10(4-2-9)14-12(18)15-6-8(7-15)5-11(16)17/h1-4,8H,5-7H2,(H,14,18)(H,16,17). The lowest BCUT2D eigenvalue weighted by molar-refractivity contribution is -0.139. The molecule has 1 fully saturated rings. The van der Waals surface area contributed by atoms with Crippen molar-refractivity contribution in [3.8, 4) is 0 Å². The number of rotatable bonds is 3. The molecule has 0 radical (unpaired) electrons. The zero-order valence-electron chi connectivity index (χ0n) is 9.60. The van der Waals surface area contributed by atoms with Crippen LogP contribution in [0.15, 0.2) is 28.7 Å². The van der Waals surface area contributed by atoms with Gasteiger partial charge in [-0.05, 0) is 24.3 Å². The van der Waals surface area contributed by atoms with Gasteiger partial charge < -0.3 is 15.3 Å². The summed E-state index contributed by atoms with van der Waals surface area (Å²) in [4.78, 5) is 23.9. The zero-order valence-corrected chi connectivity index (χ0v) is 11.2. The fourth-order valence-electron chi connectivity index (χ4n) is 1.85. The fraction of sp³-hybridized carbons (Fsp3) is 0.333. The Hall–Kier alpha value is -1.56. The van der Waals surface area contributed by atoms with E-state index >= 15 is 0 Å². The van der Waals surface area contributed by atoms with E-state index in [1.54, 1.807) is 17.0 Å². The largest absolute Gasteiger partial charge is 0.481 e. The number of halogens is 1. The molecule has 1 heterocycles. The number of benzene rings is 1. The van der Waals surface area contributed by atoms with Crippen LogP contribution in [0.2, 0.25) is 0 Å². The summed E-state index contributed by atoms with van der Waals surface area (Å²) in [6.07, 6.45) is 0.127. The van der Waals surface area contributed by atoms with E-state index < -0.39 is 5.97 Å². The number of urea groups is 1. The third-order valence-corrected chi connectivity index (χ3v) is 3.33. The summed E-state index contributed by atoms with van der Waals surface area (Å²) in [6.45, 7) is 1.02. The molecular formula is C12H13BrN2O3. The van der Waals surface area contributed by atoms with Crippen molar-refractivity contribution in [2.24, 2.45) is 5.92 Å². The first kappa shape index (κ1) is 12.9. The second-order valence-electron chi connectivity index (χ2n) is 4.31. The van der Waals surface area contributed by atoms with E-state index in [9.17, 15) is 9.59 Å². The minimum absolute atomic E-state index is 0.0816. The number of carbonyl (C=O) groups is 2. The van der Waals surface area contributed by atoms with Crippen molar-refractivity contribution in [1.29, 1.82) is 0 Å². The van der Waals surface area contributed by atoms with Crippen molar-refractivity contribution >= 4 is 33.6 Å². The molecular weight excluding hydrogens is 300 g/mol. The number of carboxylic acid groups (broad SMARTS) is 1. The topological polar surface area (TPSA) is 69.6 Å². The summed E-state index contributed by atoms with van der Waals surface area (Å²) in [5, 5.41) is 11.4.